The number of hydrogen-bond donors (Lipinski definition) is 0. The lowest BCUT2D eigenvalue weighted by Gasteiger charge is -2.07. The lowest BCUT2D eigenvalue weighted by atomic mass is 10.1. The van der Waals surface area contributed by atoms with Gasteiger partial charge in [-0.2, -0.15) is 0 Å². The minimum Gasteiger partial charge on any atom is -0.238 e. The minimum atomic E-state index is -0.271. The Labute approximate surface area is 76.6 Å². The summed E-state index contributed by atoms with van der Waals surface area (Å²) in [6.07, 6.45) is 0. The summed E-state index contributed by atoms with van der Waals surface area (Å²) in [7, 11) is 0. The molecule has 66 valence electrons. The third-order valence-electron chi connectivity index (χ3n) is 1.68. The van der Waals surface area contributed by atoms with Gasteiger partial charge in [0.15, 0.2) is 0 Å². The Balaban J connectivity index is 3.23. The van der Waals surface area contributed by atoms with Crippen LogP contribution in [0, 0.1) is 12.7 Å². The van der Waals surface area contributed by atoms with Crippen molar-refractivity contribution < 1.29 is 4.39 Å². The van der Waals surface area contributed by atoms with E-state index in [9.17, 15) is 4.39 Å². The van der Waals surface area contributed by atoms with Crippen molar-refractivity contribution in [1.29, 1.82) is 0 Å². The second-order valence-corrected chi connectivity index (χ2v) is 3.48. The first-order valence-electron chi connectivity index (χ1n) is 3.85. The zero-order valence-corrected chi connectivity index (χ0v) is 8.11. The topological polar surface area (TPSA) is 12.9 Å². The third-order valence-corrected chi connectivity index (χ3v) is 2.06. The molecule has 0 saturated carbocycles. The molecule has 12 heavy (non-hydrogen) atoms. The molecule has 0 aromatic carbocycles. The molecule has 3 heteroatoms. The van der Waals surface area contributed by atoms with Gasteiger partial charge in [0.2, 0.25) is 0 Å². The number of hydrogen-bond acceptors (Lipinski definition) is 1. The fourth-order valence-electron chi connectivity index (χ4n) is 0.976. The van der Waals surface area contributed by atoms with Gasteiger partial charge < -0.3 is 0 Å². The quantitative estimate of drug-likeness (QED) is 0.615. The second kappa shape index (κ2) is 3.40. The van der Waals surface area contributed by atoms with Crippen LogP contribution in [0.25, 0.3) is 0 Å². The highest BCUT2D eigenvalue weighted by atomic mass is 35.5. The Morgan fingerprint density at radius 1 is 1.50 bits per heavy atom. The van der Waals surface area contributed by atoms with E-state index in [2.05, 4.69) is 4.98 Å². The molecule has 1 aromatic rings. The SMILES string of the molecule is Cc1cc(F)c(C(C)C)nc1Cl. The lowest BCUT2D eigenvalue weighted by Crippen LogP contribution is -1.99. The molecule has 1 heterocycles. The van der Waals surface area contributed by atoms with Gasteiger partial charge in [0.05, 0.1) is 5.69 Å². The average molecular weight is 188 g/mol. The molecule has 1 aromatic heterocycles. The molecule has 0 unspecified atom stereocenters. The Morgan fingerprint density at radius 2 is 2.08 bits per heavy atom. The molecule has 0 fully saturated rings. The molecule has 0 amide bonds. The van der Waals surface area contributed by atoms with Crippen LogP contribution in [0.2, 0.25) is 5.15 Å². The van der Waals surface area contributed by atoms with E-state index in [4.69, 9.17) is 11.6 Å². The molecule has 0 aliphatic rings. The fourth-order valence-corrected chi connectivity index (χ4v) is 1.12. The van der Waals surface area contributed by atoms with Gasteiger partial charge in [-0.05, 0) is 24.5 Å². The molecule has 0 aliphatic carbocycles. The predicted octanol–water partition coefficient (Wildman–Crippen LogP) is 3.31. The maximum Gasteiger partial charge on any atom is 0.145 e. The first-order chi connectivity index (χ1) is 5.52. The molecule has 0 N–H and O–H groups in total. The van der Waals surface area contributed by atoms with E-state index in [0.29, 0.717) is 16.4 Å². The van der Waals surface area contributed by atoms with Crippen molar-refractivity contribution in [2.24, 2.45) is 0 Å². The van der Waals surface area contributed by atoms with Gasteiger partial charge >= 0.3 is 0 Å². The van der Waals surface area contributed by atoms with Crippen LogP contribution in [0.1, 0.15) is 31.0 Å². The highest BCUT2D eigenvalue weighted by molar-refractivity contribution is 6.30. The van der Waals surface area contributed by atoms with Gasteiger partial charge in [-0.15, -0.1) is 0 Å². The molecule has 0 aliphatic heterocycles. The number of aryl methyl sites for hydroxylation is 1. The smallest absolute Gasteiger partial charge is 0.145 e. The zero-order valence-electron chi connectivity index (χ0n) is 7.36. The molecular weight excluding hydrogens is 177 g/mol. The van der Waals surface area contributed by atoms with E-state index in [1.165, 1.54) is 6.07 Å². The molecule has 0 atom stereocenters. The largest absolute Gasteiger partial charge is 0.238 e. The van der Waals surface area contributed by atoms with E-state index in [0.717, 1.165) is 0 Å². The van der Waals surface area contributed by atoms with Crippen LogP contribution in [-0.4, -0.2) is 4.98 Å². The normalized spacial score (nSPS) is 10.8. The van der Waals surface area contributed by atoms with Crippen LogP contribution in [-0.2, 0) is 0 Å². The summed E-state index contributed by atoms with van der Waals surface area (Å²) in [5.41, 5.74) is 1.11. The summed E-state index contributed by atoms with van der Waals surface area (Å²) in [6.45, 7) is 5.51. The minimum absolute atomic E-state index is 0.0723. The van der Waals surface area contributed by atoms with E-state index >= 15 is 0 Å². The van der Waals surface area contributed by atoms with Crippen molar-refractivity contribution in [2.45, 2.75) is 26.7 Å². The Morgan fingerprint density at radius 3 is 2.58 bits per heavy atom. The predicted molar refractivity (Wildman–Crippen MR) is 48.0 cm³/mol. The number of aromatic nitrogens is 1. The number of rotatable bonds is 1. The first-order valence-corrected chi connectivity index (χ1v) is 4.22. The van der Waals surface area contributed by atoms with Crippen molar-refractivity contribution in [3.63, 3.8) is 0 Å². The summed E-state index contributed by atoms with van der Waals surface area (Å²) in [5.74, 6) is -0.199. The van der Waals surface area contributed by atoms with Crippen LogP contribution in [0.15, 0.2) is 6.07 Å². The van der Waals surface area contributed by atoms with E-state index < -0.39 is 0 Å². The van der Waals surface area contributed by atoms with E-state index in [1.807, 2.05) is 13.8 Å². The monoisotopic (exact) mass is 187 g/mol. The summed E-state index contributed by atoms with van der Waals surface area (Å²) >= 11 is 5.75. The molecule has 1 rings (SSSR count). The lowest BCUT2D eigenvalue weighted by molar-refractivity contribution is 0.583. The van der Waals surface area contributed by atoms with Gasteiger partial charge in [0, 0.05) is 0 Å². The fraction of sp³-hybridized carbons (Fsp3) is 0.444. The van der Waals surface area contributed by atoms with Crippen molar-refractivity contribution >= 4 is 11.6 Å². The molecule has 0 bridgehead atoms. The van der Waals surface area contributed by atoms with E-state index in [-0.39, 0.29) is 11.7 Å². The van der Waals surface area contributed by atoms with Crippen LogP contribution >= 0.6 is 11.6 Å². The highest BCUT2D eigenvalue weighted by Crippen LogP contribution is 2.21. The van der Waals surface area contributed by atoms with Gasteiger partial charge in [0.1, 0.15) is 11.0 Å². The molecule has 0 radical (unpaired) electrons. The highest BCUT2D eigenvalue weighted by Gasteiger charge is 2.10. The Kier molecular flexibility index (Phi) is 2.68. The molecule has 1 nitrogen and oxygen atoms in total. The average Bonchev–Trinajstić information content (AvgIpc) is 1.96. The third kappa shape index (κ3) is 1.75. The molecule has 0 saturated heterocycles. The van der Waals surface area contributed by atoms with Gasteiger partial charge in [-0.25, -0.2) is 9.37 Å². The summed E-state index contributed by atoms with van der Waals surface area (Å²) in [6, 6.07) is 1.42. The Bertz CT molecular complexity index is 297. The summed E-state index contributed by atoms with van der Waals surface area (Å²) in [4.78, 5) is 3.96. The summed E-state index contributed by atoms with van der Waals surface area (Å²) in [5, 5.41) is 0.389. The van der Waals surface area contributed by atoms with Gasteiger partial charge in [-0.3, -0.25) is 0 Å². The Hall–Kier alpha value is -0.630. The van der Waals surface area contributed by atoms with Crippen LogP contribution in [0.5, 0.6) is 0 Å². The maximum absolute atomic E-state index is 13.2. The van der Waals surface area contributed by atoms with Crippen molar-refractivity contribution in [3.05, 3.63) is 28.3 Å². The van der Waals surface area contributed by atoms with Crippen molar-refractivity contribution in [1.82, 2.24) is 4.98 Å². The van der Waals surface area contributed by atoms with Crippen LogP contribution in [0.3, 0.4) is 0 Å². The summed E-state index contributed by atoms with van der Waals surface area (Å²) < 4.78 is 13.2. The van der Waals surface area contributed by atoms with Crippen molar-refractivity contribution in [3.8, 4) is 0 Å². The maximum atomic E-state index is 13.2. The second-order valence-electron chi connectivity index (χ2n) is 3.12. The number of nitrogens with zero attached hydrogens (tertiary/aromatic N) is 1. The molecule has 0 spiro atoms. The van der Waals surface area contributed by atoms with Crippen LogP contribution < -0.4 is 0 Å². The first kappa shape index (κ1) is 9.46. The zero-order chi connectivity index (χ0) is 9.30. The van der Waals surface area contributed by atoms with Crippen molar-refractivity contribution in [2.75, 3.05) is 0 Å². The molecular formula is C9H11ClFN. The van der Waals surface area contributed by atoms with Gasteiger partial charge in [0.25, 0.3) is 0 Å². The van der Waals surface area contributed by atoms with E-state index in [1.54, 1.807) is 6.92 Å². The van der Waals surface area contributed by atoms with Gasteiger partial charge in [-0.1, -0.05) is 25.4 Å². The number of pyridine rings is 1. The van der Waals surface area contributed by atoms with Crippen LogP contribution in [0.4, 0.5) is 4.39 Å². The number of halogens is 2. The standard InChI is InChI=1S/C9H11ClFN/c1-5(2)8-7(11)4-6(3)9(10)12-8/h4-5H,1-3H3.